The number of Topliss-reactive ketones (excluding diaryl/α,β-unsaturated/α-hetero) is 1. The van der Waals surface area contributed by atoms with Gasteiger partial charge in [-0.05, 0) is 56.0 Å². The van der Waals surface area contributed by atoms with Crippen molar-refractivity contribution < 1.29 is 19.4 Å². The molecule has 3 fully saturated rings. The highest BCUT2D eigenvalue weighted by Crippen LogP contribution is 2.67. The van der Waals surface area contributed by atoms with Crippen molar-refractivity contribution in [3.63, 3.8) is 0 Å². The molecule has 0 radical (unpaired) electrons. The Kier molecular flexibility index (Phi) is 8.68. The molecule has 0 heterocycles. The molecule has 1 N–H and O–H groups in total. The van der Waals surface area contributed by atoms with Gasteiger partial charge in [0.05, 0.1) is 11.9 Å². The average molecular weight is 494 g/mol. The first-order valence-electron chi connectivity index (χ1n) is 13.3. The topological polar surface area (TPSA) is 66.8 Å². The fourth-order valence-corrected chi connectivity index (χ4v) is 8.35. The van der Waals surface area contributed by atoms with E-state index in [1.807, 2.05) is 13.0 Å². The van der Waals surface area contributed by atoms with Gasteiger partial charge < -0.3 is 14.7 Å². The zero-order valence-corrected chi connectivity index (χ0v) is 23.1. The summed E-state index contributed by atoms with van der Waals surface area (Å²) in [6.07, 6.45) is 4.64. The Bertz CT molecular complexity index is 770. The van der Waals surface area contributed by atoms with Crippen LogP contribution in [-0.4, -0.2) is 65.1 Å². The van der Waals surface area contributed by atoms with Gasteiger partial charge in [0.15, 0.2) is 0 Å². The Morgan fingerprint density at radius 2 is 1.94 bits per heavy atom. The van der Waals surface area contributed by atoms with Crippen molar-refractivity contribution in [2.45, 2.75) is 85.9 Å². The first-order chi connectivity index (χ1) is 16.0. The van der Waals surface area contributed by atoms with Crippen LogP contribution in [-0.2, 0) is 14.3 Å². The molecular formula is C28H47NO4S. The number of rotatable bonds is 9. The second-order valence-electron chi connectivity index (χ2n) is 11.6. The Balaban J connectivity index is 1.88. The summed E-state index contributed by atoms with van der Waals surface area (Å²) in [6.45, 7) is 20.0. The number of aliphatic hydroxyl groups is 1. The van der Waals surface area contributed by atoms with Crippen molar-refractivity contribution in [3.05, 3.63) is 12.7 Å². The molecule has 0 aromatic rings. The number of carbonyl (C=O) groups excluding carboxylic acids is 2. The zero-order valence-electron chi connectivity index (χ0n) is 22.3. The largest absolute Gasteiger partial charge is 0.461 e. The zero-order chi connectivity index (χ0) is 25.3. The number of ether oxygens (including phenoxy) is 1. The maximum atomic E-state index is 13.4. The van der Waals surface area contributed by atoms with Crippen LogP contribution < -0.4 is 0 Å². The quantitative estimate of drug-likeness (QED) is 0.278. The van der Waals surface area contributed by atoms with Crippen molar-refractivity contribution in [3.8, 4) is 0 Å². The van der Waals surface area contributed by atoms with Crippen LogP contribution in [0.3, 0.4) is 0 Å². The fourth-order valence-electron chi connectivity index (χ4n) is 7.58. The van der Waals surface area contributed by atoms with Crippen molar-refractivity contribution in [2.24, 2.45) is 34.0 Å². The van der Waals surface area contributed by atoms with E-state index in [9.17, 15) is 14.7 Å². The molecule has 194 valence electrons. The molecule has 3 aliphatic rings. The molecule has 2 bridgehead atoms. The smallest absolute Gasteiger partial charge is 0.316 e. The fraction of sp³-hybridized carbons (Fsp3) is 0.857. The third kappa shape index (κ3) is 4.64. The first kappa shape index (κ1) is 27.7. The third-order valence-corrected chi connectivity index (χ3v) is 11.2. The van der Waals surface area contributed by atoms with Crippen LogP contribution in [0.25, 0.3) is 0 Å². The van der Waals surface area contributed by atoms with Crippen LogP contribution in [0.1, 0.15) is 73.6 Å². The predicted molar refractivity (Wildman–Crippen MR) is 140 cm³/mol. The van der Waals surface area contributed by atoms with E-state index in [0.717, 1.165) is 44.6 Å². The van der Waals surface area contributed by atoms with Crippen LogP contribution >= 0.6 is 11.8 Å². The summed E-state index contributed by atoms with van der Waals surface area (Å²) in [4.78, 5) is 28.9. The Labute approximate surface area is 211 Å². The van der Waals surface area contributed by atoms with E-state index < -0.39 is 23.0 Å². The Morgan fingerprint density at radius 1 is 1.26 bits per heavy atom. The maximum Gasteiger partial charge on any atom is 0.316 e. The van der Waals surface area contributed by atoms with E-state index in [1.165, 1.54) is 0 Å². The summed E-state index contributed by atoms with van der Waals surface area (Å²) in [6, 6.07) is 0. The number of aliphatic hydroxyl groups excluding tert-OH is 1. The monoisotopic (exact) mass is 493 g/mol. The summed E-state index contributed by atoms with van der Waals surface area (Å²) in [5.74, 6) is 1.37. The third-order valence-electron chi connectivity index (χ3n) is 10.2. The average Bonchev–Trinajstić information content (AvgIpc) is 3.17. The highest BCUT2D eigenvalue weighted by atomic mass is 32.2. The molecule has 8 atom stereocenters. The van der Waals surface area contributed by atoms with Gasteiger partial charge in [0, 0.05) is 35.5 Å². The van der Waals surface area contributed by atoms with Gasteiger partial charge >= 0.3 is 5.97 Å². The molecule has 1 unspecified atom stereocenters. The van der Waals surface area contributed by atoms with Gasteiger partial charge in [-0.3, -0.25) is 9.59 Å². The number of thioether (sulfide) groups is 1. The molecule has 3 aliphatic carbocycles. The molecule has 3 saturated carbocycles. The van der Waals surface area contributed by atoms with E-state index in [-0.39, 0.29) is 29.1 Å². The molecule has 0 aliphatic heterocycles. The minimum Gasteiger partial charge on any atom is -0.461 e. The molecule has 6 heteroatoms. The minimum atomic E-state index is -0.624. The number of ketones is 1. The van der Waals surface area contributed by atoms with Crippen molar-refractivity contribution in [2.75, 3.05) is 31.1 Å². The predicted octanol–water partition coefficient (Wildman–Crippen LogP) is 4.97. The first-order valence-corrected chi connectivity index (χ1v) is 14.5. The molecule has 5 nitrogen and oxygen atoms in total. The van der Waals surface area contributed by atoms with Crippen molar-refractivity contribution in [1.82, 2.24) is 4.90 Å². The van der Waals surface area contributed by atoms with Crippen molar-refractivity contribution >= 4 is 23.5 Å². The summed E-state index contributed by atoms with van der Waals surface area (Å²) in [5.41, 5.74) is -1.25. The molecule has 3 rings (SSSR count). The van der Waals surface area contributed by atoms with E-state index >= 15 is 0 Å². The van der Waals surface area contributed by atoms with Gasteiger partial charge in [0.25, 0.3) is 0 Å². The Hall–Kier alpha value is -0.850. The number of hydrogen-bond acceptors (Lipinski definition) is 6. The molecule has 0 aromatic heterocycles. The van der Waals surface area contributed by atoms with Crippen LogP contribution in [0, 0.1) is 34.0 Å². The summed E-state index contributed by atoms with van der Waals surface area (Å²) >= 11 is 1.61. The minimum absolute atomic E-state index is 0.00828. The molecule has 0 saturated heterocycles. The number of carbonyl (C=O) groups is 2. The lowest BCUT2D eigenvalue weighted by Crippen LogP contribution is -2.63. The van der Waals surface area contributed by atoms with Gasteiger partial charge in [-0.25, -0.2) is 0 Å². The number of nitrogens with zero attached hydrogens (tertiary/aromatic N) is 1. The van der Waals surface area contributed by atoms with Crippen molar-refractivity contribution in [1.29, 1.82) is 0 Å². The molecule has 0 aromatic carbocycles. The van der Waals surface area contributed by atoms with E-state index in [1.54, 1.807) is 11.8 Å². The van der Waals surface area contributed by atoms with Crippen LogP contribution in [0.5, 0.6) is 0 Å². The summed E-state index contributed by atoms with van der Waals surface area (Å²) < 4.78 is 6.30. The number of hydrogen-bond donors (Lipinski definition) is 1. The highest BCUT2D eigenvalue weighted by Gasteiger charge is 2.68. The van der Waals surface area contributed by atoms with E-state index in [4.69, 9.17) is 4.74 Å². The van der Waals surface area contributed by atoms with Crippen LogP contribution in [0.4, 0.5) is 0 Å². The van der Waals surface area contributed by atoms with E-state index in [0.29, 0.717) is 24.4 Å². The SMILES string of the molecule is C=C[C@]1(C)C[C@H](OC(=O)CSCCN(CC)CC)[C@]2(C)C(C)CC[C@]3(CCC(=O)[C@H]32)[C@@H](C)[C@@H]1O. The van der Waals surface area contributed by atoms with Gasteiger partial charge in [0.1, 0.15) is 11.9 Å². The second kappa shape index (κ2) is 10.6. The maximum absolute atomic E-state index is 13.4. The highest BCUT2D eigenvalue weighted by molar-refractivity contribution is 7.99. The molecule has 34 heavy (non-hydrogen) atoms. The lowest BCUT2D eigenvalue weighted by Gasteiger charge is -2.61. The number of esters is 1. The van der Waals surface area contributed by atoms with E-state index in [2.05, 4.69) is 46.1 Å². The second-order valence-corrected chi connectivity index (χ2v) is 12.7. The van der Waals surface area contributed by atoms with Gasteiger partial charge in [-0.2, -0.15) is 0 Å². The van der Waals surface area contributed by atoms with Gasteiger partial charge in [-0.15, -0.1) is 18.3 Å². The normalized spacial score (nSPS) is 42.1. The Morgan fingerprint density at radius 3 is 2.56 bits per heavy atom. The molecular weight excluding hydrogens is 446 g/mol. The van der Waals surface area contributed by atoms with Crippen LogP contribution in [0.2, 0.25) is 0 Å². The summed E-state index contributed by atoms with van der Waals surface area (Å²) in [5, 5.41) is 11.6. The lowest BCUT2D eigenvalue weighted by atomic mass is 9.44. The van der Waals surface area contributed by atoms with Gasteiger partial charge in [-0.1, -0.05) is 47.6 Å². The molecule has 0 amide bonds. The van der Waals surface area contributed by atoms with Gasteiger partial charge in [0.2, 0.25) is 0 Å². The summed E-state index contributed by atoms with van der Waals surface area (Å²) in [7, 11) is 0. The molecule has 0 spiro atoms. The standard InChI is InChI=1S/C28H47NO4S/c1-8-26(6)17-22(33-23(31)18-34-16-15-29(9-2)10-3)27(7)19(4)11-13-28(20(5)25(26)32)14-12-21(30)24(27)28/h8,19-20,22,24-25,32H,1,9-18H2,2-7H3/t19?,20-,22-,24-,25-,26+,27-,28-/m0/s1. The lowest BCUT2D eigenvalue weighted by molar-refractivity contribution is -0.205. The van der Waals surface area contributed by atoms with Crippen LogP contribution in [0.15, 0.2) is 12.7 Å².